The Kier molecular flexibility index (Phi) is 6.53. The molecule has 0 aliphatic carbocycles. The summed E-state index contributed by atoms with van der Waals surface area (Å²) in [6, 6.07) is 6.23. The van der Waals surface area contributed by atoms with E-state index in [1.807, 2.05) is 23.6 Å². The lowest BCUT2D eigenvalue weighted by molar-refractivity contribution is -0.121. The SMILES string of the molecule is CC(CNC(=O)CCc1csc(-c2ccccn2)n1)N1CCCCC1. The minimum Gasteiger partial charge on any atom is -0.355 e. The van der Waals surface area contributed by atoms with E-state index in [0.717, 1.165) is 36.0 Å². The third kappa shape index (κ3) is 5.34. The van der Waals surface area contributed by atoms with Gasteiger partial charge in [-0.1, -0.05) is 12.5 Å². The maximum Gasteiger partial charge on any atom is 0.220 e. The zero-order valence-corrected chi connectivity index (χ0v) is 15.6. The summed E-state index contributed by atoms with van der Waals surface area (Å²) in [4.78, 5) is 23.5. The lowest BCUT2D eigenvalue weighted by atomic mass is 10.1. The van der Waals surface area contributed by atoms with Crippen LogP contribution in [-0.2, 0) is 11.2 Å². The van der Waals surface area contributed by atoms with Gasteiger partial charge in [0.25, 0.3) is 0 Å². The molecule has 2 aromatic heterocycles. The topological polar surface area (TPSA) is 58.1 Å². The van der Waals surface area contributed by atoms with E-state index < -0.39 is 0 Å². The van der Waals surface area contributed by atoms with Crippen LogP contribution in [0.2, 0.25) is 0 Å². The van der Waals surface area contributed by atoms with Crippen molar-refractivity contribution in [3.05, 3.63) is 35.5 Å². The van der Waals surface area contributed by atoms with Crippen molar-refractivity contribution in [2.75, 3.05) is 19.6 Å². The Morgan fingerprint density at radius 2 is 2.16 bits per heavy atom. The van der Waals surface area contributed by atoms with E-state index >= 15 is 0 Å². The van der Waals surface area contributed by atoms with Gasteiger partial charge in [-0.15, -0.1) is 11.3 Å². The van der Waals surface area contributed by atoms with E-state index in [2.05, 4.69) is 27.1 Å². The summed E-state index contributed by atoms with van der Waals surface area (Å²) in [5.74, 6) is 0.108. The molecule has 0 aromatic carbocycles. The quantitative estimate of drug-likeness (QED) is 0.826. The first-order valence-corrected chi connectivity index (χ1v) is 9.97. The number of carbonyl (C=O) groups excluding carboxylic acids is 1. The molecule has 3 heterocycles. The van der Waals surface area contributed by atoms with Crippen LogP contribution >= 0.6 is 11.3 Å². The minimum atomic E-state index is 0.108. The second kappa shape index (κ2) is 9.06. The molecule has 0 saturated carbocycles. The Labute approximate surface area is 153 Å². The molecule has 1 aliphatic heterocycles. The third-order valence-corrected chi connectivity index (χ3v) is 5.57. The minimum absolute atomic E-state index is 0.108. The fourth-order valence-electron chi connectivity index (χ4n) is 3.11. The third-order valence-electron chi connectivity index (χ3n) is 4.65. The van der Waals surface area contributed by atoms with E-state index in [-0.39, 0.29) is 5.91 Å². The van der Waals surface area contributed by atoms with Crippen LogP contribution in [0.25, 0.3) is 10.7 Å². The Hall–Kier alpha value is -1.79. The number of hydrogen-bond donors (Lipinski definition) is 1. The lowest BCUT2D eigenvalue weighted by Gasteiger charge is -2.32. The molecular formula is C19H26N4OS. The molecule has 1 fully saturated rings. The average molecular weight is 359 g/mol. The highest BCUT2D eigenvalue weighted by atomic mass is 32.1. The fraction of sp³-hybridized carbons (Fsp3) is 0.526. The summed E-state index contributed by atoms with van der Waals surface area (Å²) in [6.45, 7) is 5.25. The van der Waals surface area contributed by atoms with Crippen molar-refractivity contribution in [1.29, 1.82) is 0 Å². The number of aromatic nitrogens is 2. The predicted octanol–water partition coefficient (Wildman–Crippen LogP) is 3.13. The number of thiazole rings is 1. The van der Waals surface area contributed by atoms with Gasteiger partial charge in [-0.25, -0.2) is 4.98 Å². The Balaban J connectivity index is 1.41. The maximum absolute atomic E-state index is 12.1. The standard InChI is InChI=1S/C19H26N4OS/c1-15(23-11-5-2-6-12-23)13-21-18(24)9-8-16-14-25-19(22-16)17-7-3-4-10-20-17/h3-4,7,10,14-15H,2,5-6,8-9,11-13H2,1H3,(H,21,24). The first-order chi connectivity index (χ1) is 12.2. The highest BCUT2D eigenvalue weighted by molar-refractivity contribution is 7.13. The second-order valence-corrected chi connectivity index (χ2v) is 7.47. The van der Waals surface area contributed by atoms with E-state index in [0.29, 0.717) is 18.9 Å². The number of aryl methyl sites for hydroxylation is 1. The smallest absolute Gasteiger partial charge is 0.220 e. The number of nitrogens with zero attached hydrogens (tertiary/aromatic N) is 3. The van der Waals surface area contributed by atoms with Crippen molar-refractivity contribution in [3.8, 4) is 10.7 Å². The normalized spacial score (nSPS) is 16.5. The molecule has 2 aromatic rings. The van der Waals surface area contributed by atoms with Crippen molar-refractivity contribution in [3.63, 3.8) is 0 Å². The lowest BCUT2D eigenvalue weighted by Crippen LogP contribution is -2.44. The Morgan fingerprint density at radius 1 is 1.32 bits per heavy atom. The first kappa shape index (κ1) is 18.0. The van der Waals surface area contributed by atoms with Gasteiger partial charge in [0.15, 0.2) is 0 Å². The molecule has 1 atom stereocenters. The van der Waals surface area contributed by atoms with Crippen LogP contribution in [-0.4, -0.2) is 46.5 Å². The molecule has 134 valence electrons. The van der Waals surface area contributed by atoms with Crippen molar-refractivity contribution in [1.82, 2.24) is 20.2 Å². The van der Waals surface area contributed by atoms with E-state index in [9.17, 15) is 4.79 Å². The van der Waals surface area contributed by atoms with Gasteiger partial charge < -0.3 is 5.32 Å². The number of hydrogen-bond acceptors (Lipinski definition) is 5. The van der Waals surface area contributed by atoms with Gasteiger partial charge >= 0.3 is 0 Å². The molecule has 0 spiro atoms. The molecule has 1 amide bonds. The summed E-state index contributed by atoms with van der Waals surface area (Å²) in [6.07, 6.45) is 6.82. The summed E-state index contributed by atoms with van der Waals surface area (Å²) >= 11 is 1.58. The van der Waals surface area contributed by atoms with E-state index in [1.165, 1.54) is 19.3 Å². The molecule has 1 N–H and O–H groups in total. The van der Waals surface area contributed by atoms with Crippen molar-refractivity contribution in [2.45, 2.75) is 45.1 Å². The van der Waals surface area contributed by atoms with E-state index in [4.69, 9.17) is 0 Å². The van der Waals surface area contributed by atoms with Gasteiger partial charge in [0.2, 0.25) is 5.91 Å². The van der Waals surface area contributed by atoms with Crippen molar-refractivity contribution in [2.24, 2.45) is 0 Å². The number of pyridine rings is 1. The largest absolute Gasteiger partial charge is 0.355 e. The van der Waals surface area contributed by atoms with Gasteiger partial charge in [0.05, 0.1) is 11.4 Å². The summed E-state index contributed by atoms with van der Waals surface area (Å²) in [5.41, 5.74) is 1.85. The number of piperidine rings is 1. The van der Waals surface area contributed by atoms with Gasteiger partial charge in [0.1, 0.15) is 5.01 Å². The molecular weight excluding hydrogens is 332 g/mol. The zero-order valence-electron chi connectivity index (χ0n) is 14.8. The number of rotatable bonds is 7. The highest BCUT2D eigenvalue weighted by Crippen LogP contribution is 2.21. The number of amides is 1. The molecule has 1 unspecified atom stereocenters. The Morgan fingerprint density at radius 3 is 2.92 bits per heavy atom. The van der Waals surface area contributed by atoms with Crippen molar-refractivity contribution < 1.29 is 4.79 Å². The predicted molar refractivity (Wildman–Crippen MR) is 102 cm³/mol. The van der Waals surface area contributed by atoms with Crippen LogP contribution in [0.3, 0.4) is 0 Å². The molecule has 1 saturated heterocycles. The fourth-order valence-corrected chi connectivity index (χ4v) is 3.94. The molecule has 0 radical (unpaired) electrons. The summed E-state index contributed by atoms with van der Waals surface area (Å²) in [7, 11) is 0. The Bertz CT molecular complexity index is 667. The van der Waals surface area contributed by atoms with Crippen LogP contribution in [0.1, 0.15) is 38.3 Å². The molecule has 5 nitrogen and oxygen atoms in total. The van der Waals surface area contributed by atoms with Gasteiger partial charge in [0, 0.05) is 30.6 Å². The van der Waals surface area contributed by atoms with Gasteiger partial charge in [-0.05, 0) is 51.4 Å². The van der Waals surface area contributed by atoms with Crippen LogP contribution in [0.5, 0.6) is 0 Å². The second-order valence-electron chi connectivity index (χ2n) is 6.61. The highest BCUT2D eigenvalue weighted by Gasteiger charge is 2.17. The molecule has 1 aliphatic rings. The number of nitrogens with one attached hydrogen (secondary N) is 1. The summed E-state index contributed by atoms with van der Waals surface area (Å²) in [5, 5.41) is 6.00. The van der Waals surface area contributed by atoms with E-state index in [1.54, 1.807) is 17.5 Å². The van der Waals surface area contributed by atoms with Crippen LogP contribution in [0.15, 0.2) is 29.8 Å². The van der Waals surface area contributed by atoms with Crippen LogP contribution < -0.4 is 5.32 Å². The van der Waals surface area contributed by atoms with Crippen LogP contribution in [0, 0.1) is 0 Å². The molecule has 25 heavy (non-hydrogen) atoms. The van der Waals surface area contributed by atoms with Gasteiger partial charge in [-0.2, -0.15) is 0 Å². The zero-order chi connectivity index (χ0) is 17.5. The van der Waals surface area contributed by atoms with Gasteiger partial charge in [-0.3, -0.25) is 14.7 Å². The number of carbonyl (C=O) groups is 1. The molecule has 0 bridgehead atoms. The maximum atomic E-state index is 12.1. The monoisotopic (exact) mass is 358 g/mol. The molecule has 6 heteroatoms. The number of likely N-dealkylation sites (tertiary alicyclic amines) is 1. The molecule has 3 rings (SSSR count). The summed E-state index contributed by atoms with van der Waals surface area (Å²) < 4.78 is 0. The van der Waals surface area contributed by atoms with Crippen molar-refractivity contribution >= 4 is 17.2 Å². The average Bonchev–Trinajstić information content (AvgIpc) is 3.15. The van der Waals surface area contributed by atoms with Crippen LogP contribution in [0.4, 0.5) is 0 Å². The first-order valence-electron chi connectivity index (χ1n) is 9.09.